The fraction of sp³-hybridized carbons (Fsp3) is 0.0625. The molecule has 0 saturated carbocycles. The first-order chi connectivity index (χ1) is 11.2. The number of sulfonamides is 1. The quantitative estimate of drug-likeness (QED) is 0.839. The molecule has 0 amide bonds. The number of nitriles is 1. The molecular formula is C16H11F3N2O2S. The molecule has 2 aromatic carbocycles. The summed E-state index contributed by atoms with van der Waals surface area (Å²) in [4.78, 5) is 0. The molecule has 0 aliphatic carbocycles. The second-order valence-corrected chi connectivity index (χ2v) is 6.46. The Bertz CT molecular complexity index is 884. The van der Waals surface area contributed by atoms with Gasteiger partial charge in [0, 0.05) is 0 Å². The van der Waals surface area contributed by atoms with Crippen molar-refractivity contribution in [1.29, 1.82) is 5.26 Å². The lowest BCUT2D eigenvalue weighted by Crippen LogP contribution is -2.39. The van der Waals surface area contributed by atoms with Gasteiger partial charge in [0.2, 0.25) is 0 Å². The lowest BCUT2D eigenvalue weighted by molar-refractivity contribution is -0.0435. The second kappa shape index (κ2) is 6.37. The first-order valence-electron chi connectivity index (χ1n) is 6.54. The molecule has 0 aromatic heterocycles. The number of hydrogen-bond acceptors (Lipinski definition) is 3. The van der Waals surface area contributed by atoms with Crippen LogP contribution in [0.2, 0.25) is 0 Å². The topological polar surface area (TPSA) is 61.2 Å². The van der Waals surface area contributed by atoms with Gasteiger partial charge >= 0.3 is 15.5 Å². The lowest BCUT2D eigenvalue weighted by Gasteiger charge is -2.27. The van der Waals surface area contributed by atoms with Crippen molar-refractivity contribution < 1.29 is 21.6 Å². The minimum absolute atomic E-state index is 0.144. The van der Waals surface area contributed by atoms with Gasteiger partial charge in [0.05, 0.1) is 23.0 Å². The molecule has 0 bridgehead atoms. The van der Waals surface area contributed by atoms with Gasteiger partial charge in [-0.1, -0.05) is 36.9 Å². The van der Waals surface area contributed by atoms with Crippen LogP contribution in [0.15, 0.2) is 61.2 Å². The molecule has 0 saturated heterocycles. The van der Waals surface area contributed by atoms with Crippen LogP contribution in [0.1, 0.15) is 11.1 Å². The number of nitrogens with zero attached hydrogens (tertiary/aromatic N) is 2. The smallest absolute Gasteiger partial charge is 0.231 e. The average molecular weight is 352 g/mol. The van der Waals surface area contributed by atoms with Crippen LogP contribution in [-0.4, -0.2) is 13.9 Å². The Morgan fingerprint density at radius 1 is 1.04 bits per heavy atom. The predicted octanol–water partition coefficient (Wildman–Crippen LogP) is 3.89. The molecule has 24 heavy (non-hydrogen) atoms. The summed E-state index contributed by atoms with van der Waals surface area (Å²) in [6.07, 6.45) is 0. The molecule has 0 heterocycles. The van der Waals surface area contributed by atoms with Crippen LogP contribution in [0.4, 0.5) is 18.9 Å². The zero-order valence-electron chi connectivity index (χ0n) is 12.2. The van der Waals surface area contributed by atoms with Gasteiger partial charge in [-0.05, 0) is 29.8 Å². The molecule has 8 heteroatoms. The number of anilines is 1. The van der Waals surface area contributed by atoms with E-state index in [1.165, 1.54) is 48.5 Å². The Balaban J connectivity index is 2.58. The van der Waals surface area contributed by atoms with E-state index in [4.69, 9.17) is 5.26 Å². The Labute approximate surface area is 137 Å². The number of para-hydroxylation sites is 1. The summed E-state index contributed by atoms with van der Waals surface area (Å²) in [5.74, 6) is 0. The van der Waals surface area contributed by atoms with Gasteiger partial charge in [0.15, 0.2) is 0 Å². The van der Waals surface area contributed by atoms with Crippen molar-refractivity contribution in [3.05, 3.63) is 72.3 Å². The average Bonchev–Trinajstić information content (AvgIpc) is 2.55. The first-order valence-corrected chi connectivity index (χ1v) is 7.98. The predicted molar refractivity (Wildman–Crippen MR) is 84.1 cm³/mol. The standard InChI is InChI=1S/C16H11F3N2O2S/c1-12(14-9-7-13(11-20)8-10-14)21(15-5-3-2-4-6-15)24(22,23)16(17,18)19/h2-10H,1H2. The Morgan fingerprint density at radius 2 is 1.58 bits per heavy atom. The van der Waals surface area contributed by atoms with E-state index in [0.717, 1.165) is 0 Å². The van der Waals surface area contributed by atoms with Crippen molar-refractivity contribution >= 4 is 21.4 Å². The molecule has 124 valence electrons. The van der Waals surface area contributed by atoms with Crippen LogP contribution in [0, 0.1) is 11.3 Å². The Hall–Kier alpha value is -2.79. The summed E-state index contributed by atoms with van der Waals surface area (Å²) in [7, 11) is -5.69. The second-order valence-electron chi connectivity index (χ2n) is 4.69. The summed E-state index contributed by atoms with van der Waals surface area (Å²) >= 11 is 0. The summed E-state index contributed by atoms with van der Waals surface area (Å²) in [5.41, 5.74) is -5.62. The number of hydrogen-bond donors (Lipinski definition) is 0. The summed E-state index contributed by atoms with van der Waals surface area (Å²) in [6, 6.07) is 14.1. The molecule has 0 radical (unpaired) electrons. The monoisotopic (exact) mass is 352 g/mol. The maximum absolute atomic E-state index is 13.1. The zero-order chi connectivity index (χ0) is 18.0. The molecule has 0 N–H and O–H groups in total. The normalized spacial score (nSPS) is 11.6. The molecule has 0 spiro atoms. The summed E-state index contributed by atoms with van der Waals surface area (Å²) in [5, 5.41) is 8.76. The molecular weight excluding hydrogens is 341 g/mol. The van der Waals surface area contributed by atoms with Crippen LogP contribution < -0.4 is 4.31 Å². The fourth-order valence-corrected chi connectivity index (χ4v) is 2.96. The van der Waals surface area contributed by atoms with Gasteiger partial charge in [-0.15, -0.1) is 0 Å². The number of rotatable bonds is 4. The number of halogens is 3. The van der Waals surface area contributed by atoms with Crippen molar-refractivity contribution in [2.75, 3.05) is 4.31 Å². The molecule has 4 nitrogen and oxygen atoms in total. The van der Waals surface area contributed by atoms with Crippen LogP contribution in [0.25, 0.3) is 5.70 Å². The third-order valence-corrected chi connectivity index (χ3v) is 4.61. The van der Waals surface area contributed by atoms with Gasteiger partial charge in [-0.3, -0.25) is 0 Å². The third kappa shape index (κ3) is 3.26. The third-order valence-electron chi connectivity index (χ3n) is 3.12. The highest BCUT2D eigenvalue weighted by Gasteiger charge is 2.51. The van der Waals surface area contributed by atoms with Crippen molar-refractivity contribution in [2.45, 2.75) is 5.51 Å². The van der Waals surface area contributed by atoms with Gasteiger partial charge in [0.25, 0.3) is 0 Å². The highest BCUT2D eigenvalue weighted by Crippen LogP contribution is 2.36. The molecule has 0 aliphatic rings. The van der Waals surface area contributed by atoms with E-state index < -0.39 is 15.5 Å². The van der Waals surface area contributed by atoms with Crippen molar-refractivity contribution in [2.24, 2.45) is 0 Å². The first kappa shape index (κ1) is 17.6. The van der Waals surface area contributed by atoms with Gasteiger partial charge in [-0.2, -0.15) is 26.9 Å². The van der Waals surface area contributed by atoms with Crippen LogP contribution in [0.5, 0.6) is 0 Å². The lowest BCUT2D eigenvalue weighted by atomic mass is 10.1. The van der Waals surface area contributed by atoms with Crippen molar-refractivity contribution in [3.63, 3.8) is 0 Å². The highest BCUT2D eigenvalue weighted by molar-refractivity contribution is 7.94. The minimum Gasteiger partial charge on any atom is -0.231 e. The molecule has 0 atom stereocenters. The Kier molecular flexibility index (Phi) is 4.66. The summed E-state index contributed by atoms with van der Waals surface area (Å²) in [6.45, 7) is 3.50. The van der Waals surface area contributed by atoms with E-state index in [1.807, 2.05) is 6.07 Å². The van der Waals surface area contributed by atoms with Crippen molar-refractivity contribution in [1.82, 2.24) is 0 Å². The fourth-order valence-electron chi connectivity index (χ4n) is 1.96. The van der Waals surface area contributed by atoms with Crippen LogP contribution >= 0.6 is 0 Å². The number of benzene rings is 2. The molecule has 0 unspecified atom stereocenters. The summed E-state index contributed by atoms with van der Waals surface area (Å²) < 4.78 is 63.3. The maximum Gasteiger partial charge on any atom is 0.517 e. The van der Waals surface area contributed by atoms with E-state index in [-0.39, 0.29) is 26.8 Å². The van der Waals surface area contributed by atoms with E-state index in [2.05, 4.69) is 6.58 Å². The SMILES string of the molecule is C=C(c1ccc(C#N)cc1)N(c1ccccc1)S(=O)(=O)C(F)(F)F. The maximum atomic E-state index is 13.1. The van der Waals surface area contributed by atoms with Gasteiger partial charge in [-0.25, -0.2) is 4.31 Å². The van der Waals surface area contributed by atoms with E-state index >= 15 is 0 Å². The minimum atomic E-state index is -5.69. The number of alkyl halides is 3. The largest absolute Gasteiger partial charge is 0.517 e. The van der Waals surface area contributed by atoms with Crippen LogP contribution in [0.3, 0.4) is 0 Å². The molecule has 0 aliphatic heterocycles. The Morgan fingerprint density at radius 3 is 2.04 bits per heavy atom. The van der Waals surface area contributed by atoms with Gasteiger partial charge in [0.1, 0.15) is 0 Å². The van der Waals surface area contributed by atoms with E-state index in [1.54, 1.807) is 6.07 Å². The molecule has 0 fully saturated rings. The van der Waals surface area contributed by atoms with E-state index in [0.29, 0.717) is 0 Å². The van der Waals surface area contributed by atoms with Crippen LogP contribution in [-0.2, 0) is 10.0 Å². The van der Waals surface area contributed by atoms with Crippen molar-refractivity contribution in [3.8, 4) is 6.07 Å². The molecule has 2 aromatic rings. The molecule has 2 rings (SSSR count). The highest BCUT2D eigenvalue weighted by atomic mass is 32.2. The van der Waals surface area contributed by atoms with Gasteiger partial charge < -0.3 is 0 Å². The zero-order valence-corrected chi connectivity index (χ0v) is 13.0. The van der Waals surface area contributed by atoms with E-state index in [9.17, 15) is 21.6 Å².